The highest BCUT2D eigenvalue weighted by atomic mass is 35.5. The molecule has 1 saturated heterocycles. The molecule has 2 aromatic rings. The number of hydrogen-bond donors (Lipinski definition) is 0. The normalized spacial score (nSPS) is 13.8. The maximum atomic E-state index is 9.34. The van der Waals surface area contributed by atoms with Gasteiger partial charge in [-0.15, -0.1) is 0 Å². The summed E-state index contributed by atoms with van der Waals surface area (Å²) in [5.74, 6) is 1.26. The minimum Gasteiger partial charge on any atom is -0.455 e. The van der Waals surface area contributed by atoms with Gasteiger partial charge >= 0.3 is 0 Å². The Balaban J connectivity index is 2.04. The zero-order valence-corrected chi connectivity index (χ0v) is 14.8. The van der Waals surface area contributed by atoms with Crippen molar-refractivity contribution >= 4 is 17.3 Å². The number of ether oxygens (including phenoxy) is 1. The first-order valence-corrected chi connectivity index (χ1v) is 8.67. The van der Waals surface area contributed by atoms with Gasteiger partial charge in [-0.2, -0.15) is 10.5 Å². The molecule has 0 unspecified atom stereocenters. The summed E-state index contributed by atoms with van der Waals surface area (Å²) in [7, 11) is 0. The molecule has 0 aromatic heterocycles. The van der Waals surface area contributed by atoms with E-state index in [-0.39, 0.29) is 0 Å². The highest BCUT2D eigenvalue weighted by Gasteiger charge is 2.19. The van der Waals surface area contributed by atoms with Gasteiger partial charge in [0.15, 0.2) is 5.75 Å². The van der Waals surface area contributed by atoms with Crippen LogP contribution in [0.25, 0.3) is 0 Å². The zero-order chi connectivity index (χ0) is 17.8. The van der Waals surface area contributed by atoms with Crippen molar-refractivity contribution in [3.63, 3.8) is 0 Å². The molecule has 4 nitrogen and oxygen atoms in total. The van der Waals surface area contributed by atoms with E-state index in [0.717, 1.165) is 37.2 Å². The highest BCUT2D eigenvalue weighted by Crippen LogP contribution is 2.37. The van der Waals surface area contributed by atoms with Crippen LogP contribution in [-0.2, 0) is 0 Å². The molecule has 25 heavy (non-hydrogen) atoms. The van der Waals surface area contributed by atoms with Gasteiger partial charge in [-0.3, -0.25) is 0 Å². The summed E-state index contributed by atoms with van der Waals surface area (Å²) in [6, 6.07) is 13.1. The number of nitriles is 2. The summed E-state index contributed by atoms with van der Waals surface area (Å²) >= 11 is 6.08. The van der Waals surface area contributed by atoms with E-state index in [0.29, 0.717) is 27.6 Å². The van der Waals surface area contributed by atoms with Crippen LogP contribution in [-0.4, -0.2) is 13.1 Å². The van der Waals surface area contributed by atoms with Crippen molar-refractivity contribution in [1.29, 1.82) is 10.5 Å². The fourth-order valence-corrected chi connectivity index (χ4v) is 3.14. The first-order chi connectivity index (χ1) is 12.1. The number of halogens is 1. The van der Waals surface area contributed by atoms with Crippen LogP contribution < -0.4 is 9.64 Å². The van der Waals surface area contributed by atoms with Crippen LogP contribution in [0.2, 0.25) is 5.02 Å². The Labute approximate surface area is 152 Å². The molecule has 0 aliphatic carbocycles. The molecule has 0 spiro atoms. The van der Waals surface area contributed by atoms with Gasteiger partial charge in [0.05, 0.1) is 16.8 Å². The van der Waals surface area contributed by atoms with Crippen LogP contribution in [0.1, 0.15) is 36.0 Å². The highest BCUT2D eigenvalue weighted by molar-refractivity contribution is 6.31. The smallest absolute Gasteiger partial charge is 0.152 e. The molecule has 0 N–H and O–H groups in total. The third kappa shape index (κ3) is 3.71. The van der Waals surface area contributed by atoms with Crippen LogP contribution in [0, 0.1) is 29.6 Å². The molecular formula is C20H18ClN3O. The van der Waals surface area contributed by atoms with Gasteiger partial charge in [-0.05, 0) is 56.0 Å². The first kappa shape index (κ1) is 17.1. The van der Waals surface area contributed by atoms with Crippen molar-refractivity contribution in [1.82, 2.24) is 0 Å². The Hall–Kier alpha value is -2.69. The van der Waals surface area contributed by atoms with Gasteiger partial charge in [0.1, 0.15) is 17.9 Å². The fraction of sp³-hybridized carbons (Fsp3) is 0.300. The molecule has 1 aliphatic heterocycles. The van der Waals surface area contributed by atoms with Gasteiger partial charge < -0.3 is 9.64 Å². The maximum Gasteiger partial charge on any atom is 0.152 e. The van der Waals surface area contributed by atoms with E-state index in [4.69, 9.17) is 16.3 Å². The van der Waals surface area contributed by atoms with Gasteiger partial charge in [0, 0.05) is 24.2 Å². The van der Waals surface area contributed by atoms with Crippen molar-refractivity contribution in [3.8, 4) is 23.6 Å². The lowest BCUT2D eigenvalue weighted by Gasteiger charge is -2.30. The molecule has 1 aliphatic rings. The van der Waals surface area contributed by atoms with E-state index in [1.807, 2.05) is 13.0 Å². The largest absolute Gasteiger partial charge is 0.455 e. The van der Waals surface area contributed by atoms with E-state index in [1.54, 1.807) is 24.3 Å². The Kier molecular flexibility index (Phi) is 5.12. The van der Waals surface area contributed by atoms with Gasteiger partial charge in [-0.1, -0.05) is 11.6 Å². The number of nitrogens with zero attached hydrogens (tertiary/aromatic N) is 3. The average molecular weight is 352 g/mol. The third-order valence-corrected chi connectivity index (χ3v) is 4.82. The molecule has 126 valence electrons. The summed E-state index contributed by atoms with van der Waals surface area (Å²) in [4.78, 5) is 2.23. The van der Waals surface area contributed by atoms with Gasteiger partial charge in [0.2, 0.25) is 0 Å². The minimum atomic E-state index is 0.323. The van der Waals surface area contributed by atoms with Crippen molar-refractivity contribution < 1.29 is 4.74 Å². The van der Waals surface area contributed by atoms with Crippen LogP contribution in [0.5, 0.6) is 11.5 Å². The second-order valence-corrected chi connectivity index (χ2v) is 6.56. The Morgan fingerprint density at radius 3 is 2.32 bits per heavy atom. The van der Waals surface area contributed by atoms with Gasteiger partial charge in [-0.25, -0.2) is 0 Å². The van der Waals surface area contributed by atoms with Crippen LogP contribution in [0.4, 0.5) is 5.69 Å². The maximum absolute atomic E-state index is 9.34. The van der Waals surface area contributed by atoms with Gasteiger partial charge in [0.25, 0.3) is 0 Å². The number of piperidine rings is 1. The second kappa shape index (κ2) is 7.47. The predicted octanol–water partition coefficient (Wildman–Crippen LogP) is 5.17. The molecule has 0 atom stereocenters. The molecule has 1 fully saturated rings. The molecule has 0 radical (unpaired) electrons. The van der Waals surface area contributed by atoms with Crippen LogP contribution in [0.15, 0.2) is 30.3 Å². The monoisotopic (exact) mass is 351 g/mol. The van der Waals surface area contributed by atoms with E-state index in [1.165, 1.54) is 6.42 Å². The third-order valence-electron chi connectivity index (χ3n) is 4.39. The number of hydrogen-bond acceptors (Lipinski definition) is 4. The average Bonchev–Trinajstić information content (AvgIpc) is 2.65. The molecule has 2 aromatic carbocycles. The summed E-state index contributed by atoms with van der Waals surface area (Å²) in [6.07, 6.45) is 3.44. The van der Waals surface area contributed by atoms with Crippen LogP contribution in [0.3, 0.4) is 0 Å². The summed E-state index contributed by atoms with van der Waals surface area (Å²) in [5.41, 5.74) is 2.49. The number of aryl methyl sites for hydroxylation is 1. The number of benzene rings is 2. The SMILES string of the molecule is Cc1cc(Oc2cc(C#N)c(C#N)cc2N2CCCCC2)ccc1Cl. The quantitative estimate of drug-likeness (QED) is 0.764. The minimum absolute atomic E-state index is 0.323. The predicted molar refractivity (Wildman–Crippen MR) is 98.2 cm³/mol. The summed E-state index contributed by atoms with van der Waals surface area (Å²) in [6.45, 7) is 3.76. The molecule has 3 rings (SSSR count). The molecule has 5 heteroatoms. The second-order valence-electron chi connectivity index (χ2n) is 6.15. The zero-order valence-electron chi connectivity index (χ0n) is 14.1. The molecule has 0 bridgehead atoms. The topological polar surface area (TPSA) is 60.0 Å². The Morgan fingerprint density at radius 2 is 1.68 bits per heavy atom. The number of rotatable bonds is 3. The molecule has 0 amide bonds. The lowest BCUT2D eigenvalue weighted by molar-refractivity contribution is 0.476. The van der Waals surface area contributed by atoms with Crippen molar-refractivity contribution in [3.05, 3.63) is 52.0 Å². The lowest BCUT2D eigenvalue weighted by atomic mass is 10.0. The van der Waals surface area contributed by atoms with Crippen molar-refractivity contribution in [2.75, 3.05) is 18.0 Å². The Bertz CT molecular complexity index is 874. The van der Waals surface area contributed by atoms with Crippen molar-refractivity contribution in [2.24, 2.45) is 0 Å². The van der Waals surface area contributed by atoms with Crippen LogP contribution >= 0.6 is 11.6 Å². The Morgan fingerprint density at radius 1 is 1.00 bits per heavy atom. The molecule has 0 saturated carbocycles. The molecular weight excluding hydrogens is 334 g/mol. The molecule has 1 heterocycles. The summed E-state index contributed by atoms with van der Waals surface area (Å²) in [5, 5.41) is 19.4. The van der Waals surface area contributed by atoms with E-state index in [9.17, 15) is 10.5 Å². The fourth-order valence-electron chi connectivity index (χ4n) is 3.02. The van der Waals surface area contributed by atoms with E-state index >= 15 is 0 Å². The number of anilines is 1. The van der Waals surface area contributed by atoms with E-state index < -0.39 is 0 Å². The van der Waals surface area contributed by atoms with Crippen molar-refractivity contribution in [2.45, 2.75) is 26.2 Å². The lowest BCUT2D eigenvalue weighted by Crippen LogP contribution is -2.29. The summed E-state index contributed by atoms with van der Waals surface area (Å²) < 4.78 is 6.08. The van der Waals surface area contributed by atoms with E-state index in [2.05, 4.69) is 17.0 Å². The first-order valence-electron chi connectivity index (χ1n) is 8.29. The standard InChI is InChI=1S/C20H18ClN3O/c1-14-9-17(5-6-18(14)21)25-20-11-16(13-23)15(12-22)10-19(20)24-7-3-2-4-8-24/h5-6,9-11H,2-4,7-8H2,1H3.